The molecular formula is C12H19N3O2S. The number of carbonyl (C=O) groups is 1. The van der Waals surface area contributed by atoms with Crippen LogP contribution in [0.5, 0.6) is 0 Å². The minimum atomic E-state index is -0.0863. The molecule has 1 heterocycles. The maximum absolute atomic E-state index is 12.1. The van der Waals surface area contributed by atoms with E-state index >= 15 is 0 Å². The van der Waals surface area contributed by atoms with Crippen molar-refractivity contribution >= 4 is 17.2 Å². The summed E-state index contributed by atoms with van der Waals surface area (Å²) in [5.41, 5.74) is 6.48. The standard InChI is InChI=1S/C12H19N3O2S/c13-5-8-3-1-2-4-10(8)11(16)14-6-9-7-18-12(17)15-9/h7-8,10H,1-6,13H2,(H,14,16)(H,15,17). The smallest absolute Gasteiger partial charge is 0.304 e. The lowest BCUT2D eigenvalue weighted by Gasteiger charge is -2.29. The van der Waals surface area contributed by atoms with Gasteiger partial charge in [-0.15, -0.1) is 0 Å². The van der Waals surface area contributed by atoms with Crippen LogP contribution in [-0.2, 0) is 11.3 Å². The molecule has 18 heavy (non-hydrogen) atoms. The molecule has 1 aromatic rings. The summed E-state index contributed by atoms with van der Waals surface area (Å²) >= 11 is 1.11. The molecule has 5 nitrogen and oxygen atoms in total. The SMILES string of the molecule is NCC1CCCCC1C(=O)NCc1csc(=O)[nH]1. The number of hydrogen-bond acceptors (Lipinski definition) is 4. The van der Waals surface area contributed by atoms with Crippen molar-refractivity contribution in [2.24, 2.45) is 17.6 Å². The maximum Gasteiger partial charge on any atom is 0.304 e. The molecule has 0 bridgehead atoms. The normalized spacial score (nSPS) is 23.8. The number of carbonyl (C=O) groups excluding carboxylic acids is 1. The van der Waals surface area contributed by atoms with Gasteiger partial charge in [0.1, 0.15) is 0 Å². The third kappa shape index (κ3) is 3.20. The molecule has 1 saturated carbocycles. The lowest BCUT2D eigenvalue weighted by atomic mass is 9.79. The zero-order chi connectivity index (χ0) is 13.0. The molecule has 0 aromatic carbocycles. The number of rotatable bonds is 4. The average Bonchev–Trinajstić information content (AvgIpc) is 2.81. The van der Waals surface area contributed by atoms with Gasteiger partial charge >= 0.3 is 4.87 Å². The van der Waals surface area contributed by atoms with Crippen molar-refractivity contribution in [3.8, 4) is 0 Å². The molecule has 1 aromatic heterocycles. The molecule has 0 radical (unpaired) electrons. The molecule has 2 rings (SSSR count). The summed E-state index contributed by atoms with van der Waals surface area (Å²) in [7, 11) is 0. The Balaban J connectivity index is 1.88. The van der Waals surface area contributed by atoms with Gasteiger partial charge in [-0.3, -0.25) is 9.59 Å². The Kier molecular flexibility index (Phi) is 4.54. The highest BCUT2D eigenvalue weighted by molar-refractivity contribution is 7.07. The predicted molar refractivity (Wildman–Crippen MR) is 71.3 cm³/mol. The Labute approximate surface area is 110 Å². The fourth-order valence-electron chi connectivity index (χ4n) is 2.55. The average molecular weight is 269 g/mol. The van der Waals surface area contributed by atoms with E-state index in [1.54, 1.807) is 5.38 Å². The largest absolute Gasteiger partial charge is 0.350 e. The van der Waals surface area contributed by atoms with Gasteiger partial charge in [-0.05, 0) is 25.3 Å². The number of hydrogen-bond donors (Lipinski definition) is 3. The summed E-state index contributed by atoms with van der Waals surface area (Å²) in [4.78, 5) is 25.7. The van der Waals surface area contributed by atoms with Crippen LogP contribution in [0.3, 0.4) is 0 Å². The Bertz CT molecular complexity index is 454. The monoisotopic (exact) mass is 269 g/mol. The lowest BCUT2D eigenvalue weighted by molar-refractivity contribution is -0.127. The number of thiazole rings is 1. The zero-order valence-corrected chi connectivity index (χ0v) is 11.1. The molecule has 6 heteroatoms. The van der Waals surface area contributed by atoms with Gasteiger partial charge in [0.2, 0.25) is 5.91 Å². The predicted octanol–water partition coefficient (Wildman–Crippen LogP) is 0.818. The second kappa shape index (κ2) is 6.15. The molecule has 2 atom stereocenters. The number of H-pyrrole nitrogens is 1. The van der Waals surface area contributed by atoms with Crippen molar-refractivity contribution in [3.05, 3.63) is 20.7 Å². The highest BCUT2D eigenvalue weighted by Gasteiger charge is 2.29. The Hall–Kier alpha value is -1.14. The van der Waals surface area contributed by atoms with E-state index in [2.05, 4.69) is 10.3 Å². The van der Waals surface area contributed by atoms with Crippen molar-refractivity contribution in [2.45, 2.75) is 32.2 Å². The van der Waals surface area contributed by atoms with Gasteiger partial charge < -0.3 is 16.0 Å². The number of aromatic nitrogens is 1. The lowest BCUT2D eigenvalue weighted by Crippen LogP contribution is -2.39. The quantitative estimate of drug-likeness (QED) is 0.756. The van der Waals surface area contributed by atoms with Crippen LogP contribution in [0.1, 0.15) is 31.4 Å². The van der Waals surface area contributed by atoms with Gasteiger partial charge in [0, 0.05) is 17.0 Å². The van der Waals surface area contributed by atoms with Gasteiger partial charge in [0.05, 0.1) is 6.54 Å². The van der Waals surface area contributed by atoms with Crippen LogP contribution >= 0.6 is 11.3 Å². The summed E-state index contributed by atoms with van der Waals surface area (Å²) in [6.07, 6.45) is 4.24. The van der Waals surface area contributed by atoms with E-state index in [4.69, 9.17) is 5.73 Å². The topological polar surface area (TPSA) is 88.0 Å². The van der Waals surface area contributed by atoms with E-state index in [1.165, 1.54) is 6.42 Å². The molecule has 4 N–H and O–H groups in total. The molecular weight excluding hydrogens is 250 g/mol. The highest BCUT2D eigenvalue weighted by Crippen LogP contribution is 2.29. The zero-order valence-electron chi connectivity index (χ0n) is 10.3. The summed E-state index contributed by atoms with van der Waals surface area (Å²) < 4.78 is 0. The van der Waals surface area contributed by atoms with E-state index < -0.39 is 0 Å². The van der Waals surface area contributed by atoms with Crippen LogP contribution in [0.4, 0.5) is 0 Å². The van der Waals surface area contributed by atoms with E-state index in [0.29, 0.717) is 19.0 Å². The first-order chi connectivity index (χ1) is 8.70. The second-order valence-corrected chi connectivity index (χ2v) is 5.62. The molecule has 0 saturated heterocycles. The minimum absolute atomic E-state index is 0.0362. The molecule has 0 aliphatic heterocycles. The summed E-state index contributed by atoms with van der Waals surface area (Å²) in [6, 6.07) is 0. The second-order valence-electron chi connectivity index (χ2n) is 4.78. The van der Waals surface area contributed by atoms with Crippen LogP contribution in [0.25, 0.3) is 0 Å². The van der Waals surface area contributed by atoms with Crippen LogP contribution in [0.15, 0.2) is 10.2 Å². The fourth-order valence-corrected chi connectivity index (χ4v) is 3.13. The molecule has 100 valence electrons. The highest BCUT2D eigenvalue weighted by atomic mass is 32.1. The molecule has 0 spiro atoms. The van der Waals surface area contributed by atoms with E-state index in [1.807, 2.05) is 0 Å². The molecule has 2 unspecified atom stereocenters. The Morgan fingerprint density at radius 1 is 1.50 bits per heavy atom. The molecule has 1 aliphatic rings. The number of aromatic amines is 1. The molecule has 1 aliphatic carbocycles. The third-order valence-electron chi connectivity index (χ3n) is 3.57. The Morgan fingerprint density at radius 3 is 2.94 bits per heavy atom. The Morgan fingerprint density at radius 2 is 2.28 bits per heavy atom. The maximum atomic E-state index is 12.1. The van der Waals surface area contributed by atoms with Gasteiger partial charge in [-0.1, -0.05) is 24.2 Å². The van der Waals surface area contributed by atoms with Gasteiger partial charge in [-0.25, -0.2) is 0 Å². The first-order valence-corrected chi connectivity index (χ1v) is 7.23. The summed E-state index contributed by atoms with van der Waals surface area (Å²) in [6.45, 7) is 0.971. The van der Waals surface area contributed by atoms with E-state index in [9.17, 15) is 9.59 Å². The first kappa shape index (κ1) is 13.3. The third-order valence-corrected chi connectivity index (χ3v) is 4.29. The number of nitrogens with two attached hydrogens (primary N) is 1. The number of nitrogens with one attached hydrogen (secondary N) is 2. The van der Waals surface area contributed by atoms with Gasteiger partial charge in [0.15, 0.2) is 0 Å². The van der Waals surface area contributed by atoms with Crippen molar-refractivity contribution in [2.75, 3.05) is 6.54 Å². The van der Waals surface area contributed by atoms with Crippen molar-refractivity contribution in [3.63, 3.8) is 0 Å². The van der Waals surface area contributed by atoms with Crippen molar-refractivity contribution in [1.29, 1.82) is 0 Å². The summed E-state index contributed by atoms with van der Waals surface area (Å²) in [5, 5.41) is 4.63. The van der Waals surface area contributed by atoms with Crippen LogP contribution in [0.2, 0.25) is 0 Å². The number of amides is 1. The first-order valence-electron chi connectivity index (χ1n) is 6.35. The van der Waals surface area contributed by atoms with Gasteiger partial charge in [0.25, 0.3) is 0 Å². The molecule has 1 amide bonds. The summed E-state index contributed by atoms with van der Waals surface area (Å²) in [5.74, 6) is 0.409. The minimum Gasteiger partial charge on any atom is -0.350 e. The van der Waals surface area contributed by atoms with Crippen LogP contribution in [0, 0.1) is 11.8 Å². The molecule has 1 fully saturated rings. The van der Waals surface area contributed by atoms with Crippen LogP contribution < -0.4 is 15.9 Å². The van der Waals surface area contributed by atoms with Crippen LogP contribution in [-0.4, -0.2) is 17.4 Å². The van der Waals surface area contributed by atoms with E-state index in [-0.39, 0.29) is 16.7 Å². The fraction of sp³-hybridized carbons (Fsp3) is 0.667. The van der Waals surface area contributed by atoms with E-state index in [0.717, 1.165) is 36.3 Å². The van der Waals surface area contributed by atoms with Crippen molar-refractivity contribution in [1.82, 2.24) is 10.3 Å². The van der Waals surface area contributed by atoms with Gasteiger partial charge in [-0.2, -0.15) is 0 Å². The van der Waals surface area contributed by atoms with Crippen molar-refractivity contribution < 1.29 is 4.79 Å².